The highest BCUT2D eigenvalue weighted by Crippen LogP contribution is 2.07. The van der Waals surface area contributed by atoms with Crippen molar-refractivity contribution in [3.63, 3.8) is 0 Å². The fourth-order valence-corrected chi connectivity index (χ4v) is 1.58. The van der Waals surface area contributed by atoms with Crippen molar-refractivity contribution < 1.29 is 4.74 Å². The first-order valence-electron chi connectivity index (χ1n) is 6.89. The third-order valence-corrected chi connectivity index (χ3v) is 3.09. The molecule has 0 aliphatic rings. The van der Waals surface area contributed by atoms with Gasteiger partial charge in [-0.2, -0.15) is 0 Å². The van der Waals surface area contributed by atoms with Crippen molar-refractivity contribution in [3.8, 4) is 0 Å². The molecule has 0 saturated heterocycles. The summed E-state index contributed by atoms with van der Waals surface area (Å²) in [4.78, 5) is 0. The van der Waals surface area contributed by atoms with Crippen LogP contribution in [-0.2, 0) is 4.74 Å². The molecule has 0 saturated carbocycles. The summed E-state index contributed by atoms with van der Waals surface area (Å²) in [5.74, 6) is 0.828. The van der Waals surface area contributed by atoms with Gasteiger partial charge in [0.2, 0.25) is 0 Å². The van der Waals surface area contributed by atoms with E-state index in [1.54, 1.807) is 0 Å². The van der Waals surface area contributed by atoms with Gasteiger partial charge in [0, 0.05) is 13.2 Å². The number of rotatable bonds is 11. The molecule has 0 aliphatic carbocycles. The van der Waals surface area contributed by atoms with E-state index in [1.807, 2.05) is 0 Å². The Kier molecular flexibility index (Phi) is 12.0. The molecule has 0 N–H and O–H groups in total. The Morgan fingerprint density at radius 3 is 2.20 bits per heavy atom. The van der Waals surface area contributed by atoms with E-state index in [0.29, 0.717) is 0 Å². The van der Waals surface area contributed by atoms with Gasteiger partial charge in [-0.05, 0) is 18.8 Å². The number of hydrogen-bond donors (Lipinski definition) is 0. The monoisotopic (exact) mass is 214 g/mol. The summed E-state index contributed by atoms with van der Waals surface area (Å²) in [5.41, 5.74) is 0. The molecule has 0 aromatic heterocycles. The molecule has 0 aromatic carbocycles. The van der Waals surface area contributed by atoms with Crippen LogP contribution in [0.4, 0.5) is 0 Å². The summed E-state index contributed by atoms with van der Waals surface area (Å²) in [7, 11) is 0. The van der Waals surface area contributed by atoms with E-state index in [-0.39, 0.29) is 0 Å². The predicted octanol–water partition coefficient (Wildman–Crippen LogP) is 4.80. The van der Waals surface area contributed by atoms with Crippen LogP contribution >= 0.6 is 0 Å². The van der Waals surface area contributed by atoms with Crippen LogP contribution in [0.2, 0.25) is 0 Å². The van der Waals surface area contributed by atoms with Crippen LogP contribution in [0.3, 0.4) is 0 Å². The summed E-state index contributed by atoms with van der Waals surface area (Å²) < 4.78 is 5.61. The van der Waals surface area contributed by atoms with Crippen LogP contribution < -0.4 is 0 Å². The Balaban J connectivity index is 2.92. The zero-order valence-corrected chi connectivity index (χ0v) is 11.1. The minimum atomic E-state index is 0.828. The largest absolute Gasteiger partial charge is 0.381 e. The second kappa shape index (κ2) is 12.0. The minimum Gasteiger partial charge on any atom is -0.381 e. The van der Waals surface area contributed by atoms with Gasteiger partial charge in [-0.15, -0.1) is 0 Å². The molecule has 0 spiro atoms. The fraction of sp³-hybridized carbons (Fsp3) is 1.00. The molecule has 0 bridgehead atoms. The van der Waals surface area contributed by atoms with Gasteiger partial charge < -0.3 is 4.74 Å². The van der Waals surface area contributed by atoms with Crippen molar-refractivity contribution in [2.24, 2.45) is 5.92 Å². The highest BCUT2D eigenvalue weighted by Gasteiger charge is 1.97. The molecule has 1 unspecified atom stereocenters. The van der Waals surface area contributed by atoms with Crippen molar-refractivity contribution in [1.29, 1.82) is 0 Å². The summed E-state index contributed by atoms with van der Waals surface area (Å²) in [6.07, 6.45) is 10.6. The fourth-order valence-electron chi connectivity index (χ4n) is 1.58. The van der Waals surface area contributed by atoms with Crippen molar-refractivity contribution in [1.82, 2.24) is 0 Å². The smallest absolute Gasteiger partial charge is 0.0468 e. The standard InChI is InChI=1S/C14H30O/c1-4-6-7-8-9-10-12-15-13-11-14(3)5-2/h14H,4-13H2,1-3H3. The van der Waals surface area contributed by atoms with Gasteiger partial charge in [-0.3, -0.25) is 0 Å². The van der Waals surface area contributed by atoms with Crippen LogP contribution in [-0.4, -0.2) is 13.2 Å². The van der Waals surface area contributed by atoms with Crippen LogP contribution in [0.1, 0.15) is 72.1 Å². The Morgan fingerprint density at radius 1 is 0.867 bits per heavy atom. The van der Waals surface area contributed by atoms with E-state index in [0.717, 1.165) is 19.1 Å². The normalized spacial score (nSPS) is 13.0. The first-order valence-corrected chi connectivity index (χ1v) is 6.89. The first kappa shape index (κ1) is 15.0. The second-order valence-corrected chi connectivity index (χ2v) is 4.68. The van der Waals surface area contributed by atoms with Gasteiger partial charge in [-0.1, -0.05) is 59.3 Å². The van der Waals surface area contributed by atoms with Crippen LogP contribution in [0.5, 0.6) is 0 Å². The molecule has 0 fully saturated rings. The Labute approximate surface area is 96.6 Å². The minimum absolute atomic E-state index is 0.828. The molecular weight excluding hydrogens is 184 g/mol. The Bertz CT molecular complexity index is 112. The van der Waals surface area contributed by atoms with E-state index in [9.17, 15) is 0 Å². The predicted molar refractivity (Wildman–Crippen MR) is 68.3 cm³/mol. The molecule has 0 aliphatic heterocycles. The number of ether oxygens (including phenoxy) is 1. The maximum Gasteiger partial charge on any atom is 0.0468 e. The Morgan fingerprint density at radius 2 is 1.53 bits per heavy atom. The van der Waals surface area contributed by atoms with Crippen molar-refractivity contribution in [3.05, 3.63) is 0 Å². The number of hydrogen-bond acceptors (Lipinski definition) is 1. The van der Waals surface area contributed by atoms with E-state index in [4.69, 9.17) is 4.74 Å². The highest BCUT2D eigenvalue weighted by atomic mass is 16.5. The van der Waals surface area contributed by atoms with E-state index < -0.39 is 0 Å². The molecule has 1 nitrogen and oxygen atoms in total. The lowest BCUT2D eigenvalue weighted by Crippen LogP contribution is -2.02. The third-order valence-electron chi connectivity index (χ3n) is 3.09. The van der Waals surface area contributed by atoms with Gasteiger partial charge in [0.05, 0.1) is 0 Å². The maximum absolute atomic E-state index is 5.61. The second-order valence-electron chi connectivity index (χ2n) is 4.68. The highest BCUT2D eigenvalue weighted by molar-refractivity contribution is 4.48. The average Bonchev–Trinajstić information content (AvgIpc) is 2.26. The maximum atomic E-state index is 5.61. The van der Waals surface area contributed by atoms with Crippen molar-refractivity contribution >= 4 is 0 Å². The van der Waals surface area contributed by atoms with Gasteiger partial charge in [-0.25, -0.2) is 0 Å². The first-order chi connectivity index (χ1) is 7.31. The van der Waals surface area contributed by atoms with Crippen LogP contribution in [0, 0.1) is 5.92 Å². The molecule has 1 heteroatoms. The van der Waals surface area contributed by atoms with Crippen molar-refractivity contribution in [2.45, 2.75) is 72.1 Å². The molecule has 0 radical (unpaired) electrons. The average molecular weight is 214 g/mol. The summed E-state index contributed by atoms with van der Waals surface area (Å²) >= 11 is 0. The third kappa shape index (κ3) is 11.9. The quantitative estimate of drug-likeness (QED) is 0.449. The number of unbranched alkanes of at least 4 members (excludes halogenated alkanes) is 5. The van der Waals surface area contributed by atoms with Crippen molar-refractivity contribution in [2.75, 3.05) is 13.2 Å². The molecule has 0 amide bonds. The molecule has 1 atom stereocenters. The topological polar surface area (TPSA) is 9.23 Å². The molecule has 15 heavy (non-hydrogen) atoms. The van der Waals surface area contributed by atoms with Gasteiger partial charge in [0.1, 0.15) is 0 Å². The zero-order valence-electron chi connectivity index (χ0n) is 11.1. The zero-order chi connectivity index (χ0) is 11.4. The lowest BCUT2D eigenvalue weighted by atomic mass is 10.1. The molecule has 92 valence electrons. The van der Waals surface area contributed by atoms with Crippen LogP contribution in [0.25, 0.3) is 0 Å². The molecule has 0 aromatic rings. The molecular formula is C14H30O. The van der Waals surface area contributed by atoms with E-state index in [2.05, 4.69) is 20.8 Å². The van der Waals surface area contributed by atoms with Gasteiger partial charge in [0.15, 0.2) is 0 Å². The lowest BCUT2D eigenvalue weighted by molar-refractivity contribution is 0.117. The summed E-state index contributed by atoms with van der Waals surface area (Å²) in [6.45, 7) is 8.75. The van der Waals surface area contributed by atoms with E-state index >= 15 is 0 Å². The van der Waals surface area contributed by atoms with Crippen LogP contribution in [0.15, 0.2) is 0 Å². The summed E-state index contributed by atoms with van der Waals surface area (Å²) in [5, 5.41) is 0. The summed E-state index contributed by atoms with van der Waals surface area (Å²) in [6, 6.07) is 0. The van der Waals surface area contributed by atoms with E-state index in [1.165, 1.54) is 51.4 Å². The molecule has 0 rings (SSSR count). The van der Waals surface area contributed by atoms with Gasteiger partial charge >= 0.3 is 0 Å². The van der Waals surface area contributed by atoms with Gasteiger partial charge in [0.25, 0.3) is 0 Å². The Hall–Kier alpha value is -0.0400. The molecule has 0 heterocycles. The lowest BCUT2D eigenvalue weighted by Gasteiger charge is -2.08. The SMILES string of the molecule is CCCCCCCCOCCC(C)CC.